The number of ether oxygens (including phenoxy) is 2. The van der Waals surface area contributed by atoms with E-state index in [4.69, 9.17) is 13.9 Å². The number of hydrogen-bond donors (Lipinski definition) is 0. The van der Waals surface area contributed by atoms with Gasteiger partial charge in [-0.15, -0.1) is 0 Å². The minimum atomic E-state index is -0.161. The highest BCUT2D eigenvalue weighted by molar-refractivity contribution is 6.08. The van der Waals surface area contributed by atoms with E-state index in [0.29, 0.717) is 23.6 Å². The van der Waals surface area contributed by atoms with Gasteiger partial charge >= 0.3 is 0 Å². The van der Waals surface area contributed by atoms with E-state index in [1.54, 1.807) is 19.1 Å². The molecule has 0 bridgehead atoms. The SMILES string of the molecule is COc1ccc2c(-c3ccccc3)c(C(=O)N(C)Cc3ccc(N4CCOCC4)cc3)oc2c1. The molecule has 6 heteroatoms. The molecule has 1 aliphatic heterocycles. The number of benzene rings is 3. The molecule has 34 heavy (non-hydrogen) atoms. The molecule has 1 fully saturated rings. The molecule has 5 rings (SSSR count). The third kappa shape index (κ3) is 4.37. The highest BCUT2D eigenvalue weighted by atomic mass is 16.5. The van der Waals surface area contributed by atoms with Gasteiger partial charge in [-0.25, -0.2) is 0 Å². The topological polar surface area (TPSA) is 55.2 Å². The first-order valence-corrected chi connectivity index (χ1v) is 11.5. The van der Waals surface area contributed by atoms with E-state index in [1.165, 1.54) is 5.69 Å². The monoisotopic (exact) mass is 456 g/mol. The summed E-state index contributed by atoms with van der Waals surface area (Å²) in [5, 5.41) is 0.888. The maximum absolute atomic E-state index is 13.6. The molecule has 0 N–H and O–H groups in total. The predicted octanol–water partition coefficient (Wildman–Crippen LogP) is 5.22. The van der Waals surface area contributed by atoms with Crippen LogP contribution in [0.3, 0.4) is 0 Å². The van der Waals surface area contributed by atoms with Crippen molar-refractivity contribution in [3.8, 4) is 16.9 Å². The van der Waals surface area contributed by atoms with Gasteiger partial charge < -0.3 is 23.7 Å². The third-order valence-corrected chi connectivity index (χ3v) is 6.23. The highest BCUT2D eigenvalue weighted by Crippen LogP contribution is 2.37. The Balaban J connectivity index is 1.42. The van der Waals surface area contributed by atoms with Crippen molar-refractivity contribution in [3.05, 3.63) is 84.1 Å². The number of methoxy groups -OCH3 is 1. The van der Waals surface area contributed by atoms with Crippen molar-refractivity contribution in [2.24, 2.45) is 0 Å². The van der Waals surface area contributed by atoms with Gasteiger partial charge in [-0.1, -0.05) is 42.5 Å². The quantitative estimate of drug-likeness (QED) is 0.398. The molecule has 0 unspecified atom stereocenters. The van der Waals surface area contributed by atoms with E-state index >= 15 is 0 Å². The second kappa shape index (κ2) is 9.61. The van der Waals surface area contributed by atoms with Crippen LogP contribution in [0.4, 0.5) is 5.69 Å². The first-order chi connectivity index (χ1) is 16.6. The number of anilines is 1. The van der Waals surface area contributed by atoms with Gasteiger partial charge in [0.2, 0.25) is 5.76 Å². The van der Waals surface area contributed by atoms with Crippen LogP contribution in [0.2, 0.25) is 0 Å². The minimum Gasteiger partial charge on any atom is -0.497 e. The van der Waals surface area contributed by atoms with E-state index in [-0.39, 0.29) is 5.91 Å². The predicted molar refractivity (Wildman–Crippen MR) is 133 cm³/mol. The Kier molecular flexibility index (Phi) is 6.23. The van der Waals surface area contributed by atoms with Crippen LogP contribution in [-0.2, 0) is 11.3 Å². The molecule has 2 heterocycles. The number of carbonyl (C=O) groups excluding carboxylic acids is 1. The van der Waals surface area contributed by atoms with Crippen molar-refractivity contribution >= 4 is 22.6 Å². The fraction of sp³-hybridized carbons (Fsp3) is 0.250. The first kappa shape index (κ1) is 22.0. The van der Waals surface area contributed by atoms with Crippen molar-refractivity contribution in [3.63, 3.8) is 0 Å². The molecule has 0 aliphatic carbocycles. The van der Waals surface area contributed by atoms with Gasteiger partial charge in [0.15, 0.2) is 0 Å². The number of hydrogen-bond acceptors (Lipinski definition) is 5. The molecule has 174 valence electrons. The van der Waals surface area contributed by atoms with E-state index in [1.807, 2.05) is 48.5 Å². The Labute approximate surface area is 199 Å². The molecule has 0 spiro atoms. The number of morpholine rings is 1. The number of amides is 1. The smallest absolute Gasteiger partial charge is 0.290 e. The maximum atomic E-state index is 13.6. The van der Waals surface area contributed by atoms with Crippen molar-refractivity contribution in [2.45, 2.75) is 6.54 Å². The summed E-state index contributed by atoms with van der Waals surface area (Å²) >= 11 is 0. The number of nitrogens with zero attached hydrogens (tertiary/aromatic N) is 2. The summed E-state index contributed by atoms with van der Waals surface area (Å²) in [7, 11) is 3.42. The second-order valence-electron chi connectivity index (χ2n) is 8.46. The van der Waals surface area contributed by atoms with Gasteiger partial charge in [0.25, 0.3) is 5.91 Å². The number of furan rings is 1. The molecule has 0 atom stereocenters. The standard InChI is InChI=1S/C28H28N2O4/c1-29(19-20-8-10-22(11-9-20)30-14-16-33-17-15-30)28(31)27-26(21-6-4-3-5-7-21)24-13-12-23(32-2)18-25(24)34-27/h3-13,18H,14-17,19H2,1-2H3. The van der Waals surface area contributed by atoms with Crippen LogP contribution in [0.5, 0.6) is 5.75 Å². The van der Waals surface area contributed by atoms with Crippen LogP contribution < -0.4 is 9.64 Å². The zero-order chi connectivity index (χ0) is 23.5. The lowest BCUT2D eigenvalue weighted by atomic mass is 10.0. The molecule has 0 saturated carbocycles. The summed E-state index contributed by atoms with van der Waals surface area (Å²) in [6.45, 7) is 3.79. The molecule has 3 aromatic carbocycles. The average Bonchev–Trinajstić information content (AvgIpc) is 3.28. The Morgan fingerprint density at radius 1 is 1.00 bits per heavy atom. The summed E-state index contributed by atoms with van der Waals surface area (Å²) in [6.07, 6.45) is 0. The summed E-state index contributed by atoms with van der Waals surface area (Å²) in [5.41, 5.74) is 4.62. The van der Waals surface area contributed by atoms with Gasteiger partial charge in [0, 0.05) is 49.4 Å². The summed E-state index contributed by atoms with van der Waals surface area (Å²) in [5.74, 6) is 0.863. The Bertz CT molecular complexity index is 1280. The van der Waals surface area contributed by atoms with Gasteiger partial charge in [-0.05, 0) is 35.4 Å². The van der Waals surface area contributed by atoms with E-state index in [9.17, 15) is 4.79 Å². The van der Waals surface area contributed by atoms with Crippen molar-refractivity contribution in [2.75, 3.05) is 45.4 Å². The van der Waals surface area contributed by atoms with Gasteiger partial charge in [-0.3, -0.25) is 4.79 Å². The number of rotatable bonds is 6. The van der Waals surface area contributed by atoms with Crippen LogP contribution >= 0.6 is 0 Å². The summed E-state index contributed by atoms with van der Waals surface area (Å²) < 4.78 is 16.9. The molecule has 1 saturated heterocycles. The molecular formula is C28H28N2O4. The lowest BCUT2D eigenvalue weighted by Gasteiger charge is -2.29. The first-order valence-electron chi connectivity index (χ1n) is 11.5. The Morgan fingerprint density at radius 3 is 2.44 bits per heavy atom. The third-order valence-electron chi connectivity index (χ3n) is 6.23. The average molecular weight is 457 g/mol. The second-order valence-corrected chi connectivity index (χ2v) is 8.46. The van der Waals surface area contributed by atoms with Gasteiger partial charge in [0.05, 0.1) is 20.3 Å². The van der Waals surface area contributed by atoms with Gasteiger partial charge in [-0.2, -0.15) is 0 Å². The van der Waals surface area contributed by atoms with E-state index in [0.717, 1.165) is 48.4 Å². The van der Waals surface area contributed by atoms with Crippen molar-refractivity contribution in [1.82, 2.24) is 4.90 Å². The van der Waals surface area contributed by atoms with Gasteiger partial charge in [0.1, 0.15) is 11.3 Å². The van der Waals surface area contributed by atoms with Crippen LogP contribution in [-0.4, -0.2) is 51.3 Å². The van der Waals surface area contributed by atoms with Crippen LogP contribution in [0.15, 0.2) is 77.2 Å². The van der Waals surface area contributed by atoms with Crippen LogP contribution in [0.25, 0.3) is 22.1 Å². The van der Waals surface area contributed by atoms with E-state index < -0.39 is 0 Å². The Morgan fingerprint density at radius 2 is 1.74 bits per heavy atom. The molecule has 6 nitrogen and oxygen atoms in total. The summed E-state index contributed by atoms with van der Waals surface area (Å²) in [4.78, 5) is 17.6. The van der Waals surface area contributed by atoms with E-state index in [2.05, 4.69) is 29.2 Å². The molecular weight excluding hydrogens is 428 g/mol. The molecule has 0 radical (unpaired) electrons. The fourth-order valence-electron chi connectivity index (χ4n) is 4.40. The number of carbonyl (C=O) groups is 1. The number of fused-ring (bicyclic) bond motifs is 1. The van der Waals surface area contributed by atoms with Crippen LogP contribution in [0, 0.1) is 0 Å². The Hall–Kier alpha value is -3.77. The normalized spacial score (nSPS) is 13.8. The molecule has 1 amide bonds. The van der Waals surface area contributed by atoms with Crippen molar-refractivity contribution < 1.29 is 18.7 Å². The molecule has 1 aromatic heterocycles. The lowest BCUT2D eigenvalue weighted by Crippen LogP contribution is -2.36. The maximum Gasteiger partial charge on any atom is 0.290 e. The summed E-state index contributed by atoms with van der Waals surface area (Å²) in [6, 6.07) is 23.9. The van der Waals surface area contributed by atoms with Crippen molar-refractivity contribution in [1.29, 1.82) is 0 Å². The molecule has 1 aliphatic rings. The molecule has 4 aromatic rings. The largest absolute Gasteiger partial charge is 0.497 e. The highest BCUT2D eigenvalue weighted by Gasteiger charge is 2.25. The fourth-order valence-corrected chi connectivity index (χ4v) is 4.40. The zero-order valence-corrected chi connectivity index (χ0v) is 19.5. The van der Waals surface area contributed by atoms with Crippen LogP contribution in [0.1, 0.15) is 16.1 Å². The lowest BCUT2D eigenvalue weighted by molar-refractivity contribution is 0.0757. The minimum absolute atomic E-state index is 0.161. The zero-order valence-electron chi connectivity index (χ0n) is 19.5.